The van der Waals surface area contributed by atoms with Crippen molar-refractivity contribution in [1.29, 1.82) is 0 Å². The number of likely N-dealkylation sites (N-methyl/N-ethyl adjacent to an activating group) is 1. The molecule has 0 aromatic carbocycles. The van der Waals surface area contributed by atoms with Crippen molar-refractivity contribution in [3.8, 4) is 0 Å². The van der Waals surface area contributed by atoms with Crippen molar-refractivity contribution in [2.75, 3.05) is 92.9 Å². The normalized spacial score (nSPS) is 20.2. The Kier molecular flexibility index (Phi) is 64.4. The molecule has 0 N–H and O–H groups in total. The van der Waals surface area contributed by atoms with Gasteiger partial charge in [0.1, 0.15) is 0 Å². The second kappa shape index (κ2) is 60.2. The van der Waals surface area contributed by atoms with E-state index < -0.39 is 11.6 Å². The van der Waals surface area contributed by atoms with Gasteiger partial charge in [-0.25, -0.2) is 0 Å². The summed E-state index contributed by atoms with van der Waals surface area (Å²) in [6, 6.07) is 1.42. The van der Waals surface area contributed by atoms with Crippen molar-refractivity contribution in [3.05, 3.63) is 0 Å². The zero-order chi connectivity index (χ0) is 90.4. The predicted molar refractivity (Wildman–Crippen MR) is 512 cm³/mol. The summed E-state index contributed by atoms with van der Waals surface area (Å²) in [5.74, 6) is 12.4. The number of alkyl halides is 3. The smallest absolute Gasteiger partial charge is 0.381 e. The summed E-state index contributed by atoms with van der Waals surface area (Å²) in [6.45, 7) is 111. The Labute approximate surface area is 720 Å². The highest BCUT2D eigenvalue weighted by molar-refractivity contribution is 4.97. The highest BCUT2D eigenvalue weighted by Crippen LogP contribution is 2.57. The van der Waals surface area contributed by atoms with Crippen LogP contribution in [0.5, 0.6) is 0 Å². The fourth-order valence-corrected chi connectivity index (χ4v) is 13.2. The van der Waals surface area contributed by atoms with Crippen molar-refractivity contribution in [1.82, 2.24) is 19.6 Å². The molecule has 5 saturated carbocycles. The van der Waals surface area contributed by atoms with Crippen molar-refractivity contribution in [2.45, 2.75) is 464 Å². The van der Waals surface area contributed by atoms with Crippen molar-refractivity contribution >= 4 is 0 Å². The number of likely N-dealkylation sites (tertiary alicyclic amines) is 1. The van der Waals surface area contributed by atoms with Gasteiger partial charge in [-0.15, -0.1) is 0 Å². The number of ether oxygens (including phenoxy) is 2. The zero-order valence-electron chi connectivity index (χ0n) is 87.4. The minimum absolute atomic E-state index is 0.437. The molecule has 9 aliphatic rings. The van der Waals surface area contributed by atoms with Gasteiger partial charge in [0.05, 0.1) is 18.6 Å². The summed E-state index contributed by atoms with van der Waals surface area (Å²) in [7, 11) is 4.41. The summed E-state index contributed by atoms with van der Waals surface area (Å²) in [5, 5.41) is 0. The van der Waals surface area contributed by atoms with E-state index in [1.54, 1.807) is 0 Å². The van der Waals surface area contributed by atoms with E-state index >= 15 is 0 Å². The highest BCUT2D eigenvalue weighted by atomic mass is 19.4. The molecule has 0 bridgehead atoms. The van der Waals surface area contributed by atoms with Crippen LogP contribution in [0.1, 0.15) is 446 Å². The molecular formula is C105H221F3N4O2. The summed E-state index contributed by atoms with van der Waals surface area (Å²) >= 11 is 0. The summed E-state index contributed by atoms with van der Waals surface area (Å²) in [6.07, 6.45) is 27.7. The molecule has 9 fully saturated rings. The number of hydrogen-bond donors (Lipinski definition) is 0. The highest BCUT2D eigenvalue weighted by Gasteiger charge is 2.47. The third kappa shape index (κ3) is 70.0. The van der Waals surface area contributed by atoms with Gasteiger partial charge in [-0.05, 0) is 233 Å². The molecule has 4 aliphatic heterocycles. The quantitative estimate of drug-likeness (QED) is 0.241. The number of morpholine rings is 1. The molecular weight excluding hydrogens is 1410 g/mol. The Bertz CT molecular complexity index is 1960. The molecule has 6 nitrogen and oxygen atoms in total. The van der Waals surface area contributed by atoms with E-state index in [2.05, 4.69) is 318 Å². The third-order valence-electron chi connectivity index (χ3n) is 27.5. The molecule has 0 amide bonds. The van der Waals surface area contributed by atoms with Crippen LogP contribution in [0.3, 0.4) is 0 Å². The maximum atomic E-state index is 11.6. The summed E-state index contributed by atoms with van der Waals surface area (Å²) in [5.41, 5.74) is 2.72. The Morgan fingerprint density at radius 3 is 0.772 bits per heavy atom. The van der Waals surface area contributed by atoms with E-state index in [1.165, 1.54) is 181 Å². The Balaban J connectivity index is -0.000000375. The molecule has 9 heteroatoms. The van der Waals surface area contributed by atoms with Gasteiger partial charge in [0.25, 0.3) is 0 Å². The molecule has 4 saturated heterocycles. The second-order valence-corrected chi connectivity index (χ2v) is 48.9. The fourth-order valence-electron chi connectivity index (χ4n) is 13.2. The molecule has 9 rings (SSSR count). The second-order valence-electron chi connectivity index (χ2n) is 48.9. The lowest BCUT2D eigenvalue weighted by Gasteiger charge is -2.34. The first-order chi connectivity index (χ1) is 51.4. The SMILES string of the molecule is CC(C)(C)C(C)(C)C.CC(C)(C)C(F)(F)F.CC(C)(C)C1(C)CC1.CC(C)(C)C1CC1.CC(C)C(C)(C)C.CC(C)C1CCC1.CC(C)C1CCCC1.CC(C)C1CCCCC1.CC(C)C1CCN(C)CC1.CC(C)C1CCOCC1.CC(C)CC(C)(C)C.CC(C)N1CCN(C)CC1.CC(C)N1CCOCC1.CCC(C)(C)C. The Morgan fingerprint density at radius 2 is 0.614 bits per heavy atom. The van der Waals surface area contributed by atoms with Gasteiger partial charge >= 0.3 is 6.18 Å². The van der Waals surface area contributed by atoms with Gasteiger partial charge in [-0.2, -0.15) is 13.2 Å². The average Bonchev–Trinajstić information content (AvgIpc) is 1.63. The number of piperidine rings is 1. The van der Waals surface area contributed by atoms with Gasteiger partial charge in [-0.1, -0.05) is 360 Å². The van der Waals surface area contributed by atoms with Crippen LogP contribution in [0, 0.1) is 126 Å². The number of piperazine rings is 1. The standard InChI is InChI=1S/C9H19N.C9H18.C8H18N2.C8H16O.2C8H16.2C8H18.C7H15NO.2C7H14.C7H16.C6H14.C5H9F3/c1-8(2)9-4-6-10(3)7-5-9;1-8(2)9-6-4-3-5-7-9;1-8(2)10-6-4-9(3)5-7-10;1-7(2)8-3-5-9-6-4-8;1-7(2,3)8(4)5-6-8;1-7(2)8-5-3-4-6-8;1-7(2)6-8(3,4)5;1-7(2,3)8(4,5)6;1-7(2)8-3-5-9-6-4-8;1-7(2,3)6-4-5-6;1-6(2)7-4-3-5-7;1-6(2)7(3,4)5;1-5-6(2,3)4;1-4(2,3)5(6,7)8/h8-9H,4-7H2,1-3H3;8-9H,3-7H2,1-2H3;8H,4-7H2,1-3H3;7-8H,3-6H2,1-2H3;5-6H2,1-4H3;7-8H,3-6H2,1-2H3;7H,6H2,1-5H3;1-6H3;7H,3-6H2,1-2H3;6H,4-5H2,1-3H3;6-7H,3-5H2,1-2H3;6H,1-5H3;5H2,1-4H3;1-3H3. The molecule has 0 aromatic rings. The van der Waals surface area contributed by atoms with Crippen molar-refractivity contribution < 1.29 is 22.6 Å². The van der Waals surface area contributed by atoms with Gasteiger partial charge < -0.3 is 19.3 Å². The minimum Gasteiger partial charge on any atom is -0.381 e. The number of halogens is 3. The van der Waals surface area contributed by atoms with Crippen molar-refractivity contribution in [3.63, 3.8) is 0 Å². The maximum Gasteiger partial charge on any atom is 0.393 e. The van der Waals surface area contributed by atoms with Gasteiger partial charge in [-0.3, -0.25) is 9.80 Å². The van der Waals surface area contributed by atoms with Crippen LogP contribution in [-0.2, 0) is 9.47 Å². The molecule has 694 valence electrons. The lowest BCUT2D eigenvalue weighted by Crippen LogP contribution is -2.47. The first kappa shape index (κ1) is 122. The Morgan fingerprint density at radius 1 is 0.342 bits per heavy atom. The molecule has 0 aromatic heterocycles. The van der Waals surface area contributed by atoms with Crippen LogP contribution < -0.4 is 0 Å². The van der Waals surface area contributed by atoms with Crippen LogP contribution in [0.2, 0.25) is 0 Å². The first-order valence-corrected chi connectivity index (χ1v) is 48.5. The van der Waals surface area contributed by atoms with Crippen LogP contribution >= 0.6 is 0 Å². The molecule has 5 aliphatic carbocycles. The van der Waals surface area contributed by atoms with Crippen LogP contribution in [0.4, 0.5) is 13.2 Å². The molecule has 4 heterocycles. The monoisotopic (exact) mass is 1630 g/mol. The van der Waals surface area contributed by atoms with Crippen molar-refractivity contribution in [2.24, 2.45) is 126 Å². The van der Waals surface area contributed by atoms with Gasteiger partial charge in [0, 0.05) is 64.6 Å². The summed E-state index contributed by atoms with van der Waals surface area (Å²) < 4.78 is 45.1. The van der Waals surface area contributed by atoms with E-state index in [0.717, 1.165) is 143 Å². The lowest BCUT2D eigenvalue weighted by molar-refractivity contribution is -0.204. The summed E-state index contributed by atoms with van der Waals surface area (Å²) in [4.78, 5) is 9.78. The molecule has 114 heavy (non-hydrogen) atoms. The maximum absolute atomic E-state index is 11.6. The van der Waals surface area contributed by atoms with Crippen LogP contribution in [-0.4, -0.2) is 131 Å². The molecule has 0 atom stereocenters. The van der Waals surface area contributed by atoms with E-state index in [-0.39, 0.29) is 0 Å². The van der Waals surface area contributed by atoms with Gasteiger partial charge in [0.2, 0.25) is 0 Å². The van der Waals surface area contributed by atoms with Crippen LogP contribution in [0.25, 0.3) is 0 Å². The Hall–Kier alpha value is -0.450. The average molecular weight is 1630 g/mol. The third-order valence-corrected chi connectivity index (χ3v) is 27.5. The number of hydrogen-bond acceptors (Lipinski definition) is 6. The molecule has 0 unspecified atom stereocenters. The van der Waals surface area contributed by atoms with E-state index in [1.807, 2.05) is 0 Å². The van der Waals surface area contributed by atoms with E-state index in [4.69, 9.17) is 9.47 Å². The van der Waals surface area contributed by atoms with Crippen LogP contribution in [0.15, 0.2) is 0 Å². The lowest BCUT2D eigenvalue weighted by atomic mass is 9.71. The fraction of sp³-hybridized carbons (Fsp3) is 1.00. The largest absolute Gasteiger partial charge is 0.393 e. The zero-order valence-corrected chi connectivity index (χ0v) is 87.4. The van der Waals surface area contributed by atoms with E-state index in [9.17, 15) is 13.2 Å². The first-order valence-electron chi connectivity index (χ1n) is 48.5. The number of rotatable bonds is 8. The molecule has 0 spiro atoms. The van der Waals surface area contributed by atoms with Gasteiger partial charge in [0.15, 0.2) is 0 Å². The minimum atomic E-state index is -4.06. The topological polar surface area (TPSA) is 31.4 Å². The van der Waals surface area contributed by atoms with E-state index in [0.29, 0.717) is 49.4 Å². The number of nitrogens with zero attached hydrogens (tertiary/aromatic N) is 4. The molecule has 0 radical (unpaired) electrons. The predicted octanol–water partition coefficient (Wildman–Crippen LogP) is 33.1.